The summed E-state index contributed by atoms with van der Waals surface area (Å²) >= 11 is 6.27. The van der Waals surface area contributed by atoms with Gasteiger partial charge in [0.2, 0.25) is 0 Å². The van der Waals surface area contributed by atoms with E-state index in [9.17, 15) is 14.4 Å². The van der Waals surface area contributed by atoms with E-state index in [-0.39, 0.29) is 5.91 Å². The van der Waals surface area contributed by atoms with E-state index in [1.807, 2.05) is 0 Å². The zero-order valence-electron chi connectivity index (χ0n) is 11.5. The zero-order valence-corrected chi connectivity index (χ0v) is 13.2. The first kappa shape index (κ1) is 16.2. The molecule has 1 aliphatic heterocycles. The number of benzene rings is 1. The van der Waals surface area contributed by atoms with E-state index in [1.165, 1.54) is 16.7 Å². The van der Waals surface area contributed by atoms with Crippen LogP contribution < -0.4 is 5.32 Å². The van der Waals surface area contributed by atoms with E-state index < -0.39 is 18.4 Å². The van der Waals surface area contributed by atoms with Crippen LogP contribution in [0.3, 0.4) is 0 Å². The van der Waals surface area contributed by atoms with Crippen LogP contribution in [-0.4, -0.2) is 45.7 Å². The molecule has 0 atom stereocenters. The molecular formula is C14H12N2O4S2. The van der Waals surface area contributed by atoms with E-state index in [1.54, 1.807) is 37.4 Å². The van der Waals surface area contributed by atoms with Crippen molar-refractivity contribution in [2.24, 2.45) is 0 Å². The molecule has 6 nitrogen and oxygen atoms in total. The molecule has 1 aliphatic rings. The van der Waals surface area contributed by atoms with Crippen molar-refractivity contribution in [3.63, 3.8) is 0 Å². The van der Waals surface area contributed by atoms with Gasteiger partial charge in [-0.15, -0.1) is 0 Å². The number of nitrogens with one attached hydrogen (secondary N) is 1. The van der Waals surface area contributed by atoms with Gasteiger partial charge in [-0.1, -0.05) is 36.1 Å². The van der Waals surface area contributed by atoms with Gasteiger partial charge in [0.15, 0.2) is 0 Å². The standard InChI is InChI=1S/C14H12N2O4S2/c1-16-13(20)10(22-14(16)21)6-8-2-4-9(5-3-8)12(19)15-7-11(17)18/h2-6H,7H2,1H3,(H,15,19)(H,17,18). The highest BCUT2D eigenvalue weighted by atomic mass is 32.2. The number of thiocarbonyl (C=S) groups is 1. The minimum atomic E-state index is -1.11. The highest BCUT2D eigenvalue weighted by Gasteiger charge is 2.28. The Hall–Kier alpha value is -2.19. The van der Waals surface area contributed by atoms with E-state index in [4.69, 9.17) is 17.3 Å². The molecule has 1 fully saturated rings. The van der Waals surface area contributed by atoms with Crippen molar-refractivity contribution in [2.75, 3.05) is 13.6 Å². The Bertz CT molecular complexity index is 683. The molecular weight excluding hydrogens is 324 g/mol. The second kappa shape index (κ2) is 6.71. The van der Waals surface area contributed by atoms with E-state index >= 15 is 0 Å². The fourth-order valence-corrected chi connectivity index (χ4v) is 2.87. The molecule has 0 spiro atoms. The Morgan fingerprint density at radius 3 is 2.50 bits per heavy atom. The summed E-state index contributed by atoms with van der Waals surface area (Å²) in [5, 5.41) is 10.8. The molecule has 2 rings (SSSR count). The fourth-order valence-electron chi connectivity index (χ4n) is 1.69. The number of amides is 2. The number of carboxylic acid groups (broad SMARTS) is 1. The molecule has 22 heavy (non-hydrogen) atoms. The number of rotatable bonds is 4. The summed E-state index contributed by atoms with van der Waals surface area (Å²) in [6.45, 7) is -0.431. The minimum absolute atomic E-state index is 0.154. The maximum absolute atomic E-state index is 11.9. The fraction of sp³-hybridized carbons (Fsp3) is 0.143. The van der Waals surface area contributed by atoms with Crippen LogP contribution in [0.4, 0.5) is 0 Å². The Labute approximate surface area is 136 Å². The zero-order chi connectivity index (χ0) is 16.3. The van der Waals surface area contributed by atoms with Crippen molar-refractivity contribution in [3.05, 3.63) is 40.3 Å². The summed E-state index contributed by atoms with van der Waals surface area (Å²) in [5.74, 6) is -1.72. The average molecular weight is 336 g/mol. The minimum Gasteiger partial charge on any atom is -0.480 e. The Balaban J connectivity index is 2.10. The molecule has 0 aliphatic carbocycles. The van der Waals surface area contributed by atoms with Gasteiger partial charge in [0.25, 0.3) is 11.8 Å². The lowest BCUT2D eigenvalue weighted by Gasteiger charge is -2.04. The quantitative estimate of drug-likeness (QED) is 0.637. The molecule has 0 saturated carbocycles. The van der Waals surface area contributed by atoms with Crippen molar-refractivity contribution in [3.8, 4) is 0 Å². The Morgan fingerprint density at radius 2 is 2.00 bits per heavy atom. The smallest absolute Gasteiger partial charge is 0.322 e. The molecule has 0 aromatic heterocycles. The van der Waals surface area contributed by atoms with Crippen LogP contribution in [0.1, 0.15) is 15.9 Å². The van der Waals surface area contributed by atoms with Crippen LogP contribution in [0.2, 0.25) is 0 Å². The lowest BCUT2D eigenvalue weighted by atomic mass is 10.1. The molecule has 0 bridgehead atoms. The van der Waals surface area contributed by atoms with Crippen LogP contribution in [-0.2, 0) is 9.59 Å². The van der Waals surface area contributed by atoms with Gasteiger partial charge in [0, 0.05) is 12.6 Å². The molecule has 0 unspecified atom stereocenters. The summed E-state index contributed by atoms with van der Waals surface area (Å²) < 4.78 is 0.501. The third-order valence-electron chi connectivity index (χ3n) is 2.86. The SMILES string of the molecule is CN1C(=O)C(=Cc2ccc(C(=O)NCC(=O)O)cc2)SC1=S. The summed E-state index contributed by atoms with van der Waals surface area (Å²) in [6.07, 6.45) is 1.70. The van der Waals surface area contributed by atoms with Gasteiger partial charge in [-0.2, -0.15) is 0 Å². The van der Waals surface area contributed by atoms with Gasteiger partial charge in [-0.25, -0.2) is 0 Å². The number of carbonyl (C=O) groups excluding carboxylic acids is 2. The molecule has 2 amide bonds. The van der Waals surface area contributed by atoms with Crippen LogP contribution in [0.25, 0.3) is 6.08 Å². The van der Waals surface area contributed by atoms with Crippen LogP contribution in [0.15, 0.2) is 29.2 Å². The predicted molar refractivity (Wildman–Crippen MR) is 87.3 cm³/mol. The molecule has 114 valence electrons. The maximum atomic E-state index is 11.9. The van der Waals surface area contributed by atoms with E-state index in [0.717, 1.165) is 5.56 Å². The van der Waals surface area contributed by atoms with Crippen molar-refractivity contribution < 1.29 is 19.5 Å². The first-order valence-corrected chi connectivity index (χ1v) is 7.42. The van der Waals surface area contributed by atoms with Crippen molar-refractivity contribution >= 4 is 52.2 Å². The number of nitrogens with zero attached hydrogens (tertiary/aromatic N) is 1. The van der Waals surface area contributed by atoms with Gasteiger partial charge < -0.3 is 10.4 Å². The third-order valence-corrected chi connectivity index (χ3v) is 4.34. The molecule has 1 aromatic carbocycles. The molecule has 2 N–H and O–H groups in total. The van der Waals surface area contributed by atoms with Crippen LogP contribution in [0.5, 0.6) is 0 Å². The molecule has 8 heteroatoms. The second-order valence-corrected chi connectivity index (χ2v) is 6.11. The van der Waals surface area contributed by atoms with Crippen molar-refractivity contribution in [1.29, 1.82) is 0 Å². The number of likely N-dealkylation sites (N-methyl/N-ethyl adjacent to an activating group) is 1. The third kappa shape index (κ3) is 3.71. The number of hydrogen-bond acceptors (Lipinski definition) is 5. The summed E-state index contributed by atoms with van der Waals surface area (Å²) in [6, 6.07) is 6.49. The first-order chi connectivity index (χ1) is 10.4. The summed E-state index contributed by atoms with van der Waals surface area (Å²) in [7, 11) is 1.62. The molecule has 0 radical (unpaired) electrons. The van der Waals surface area contributed by atoms with Gasteiger partial charge in [0.1, 0.15) is 10.9 Å². The molecule has 1 aromatic rings. The summed E-state index contributed by atoms with van der Waals surface area (Å²) in [4.78, 5) is 35.9. The highest BCUT2D eigenvalue weighted by Crippen LogP contribution is 2.31. The largest absolute Gasteiger partial charge is 0.480 e. The number of thioether (sulfide) groups is 1. The van der Waals surface area contributed by atoms with Crippen molar-refractivity contribution in [1.82, 2.24) is 10.2 Å². The maximum Gasteiger partial charge on any atom is 0.322 e. The average Bonchev–Trinajstić information content (AvgIpc) is 2.73. The first-order valence-electron chi connectivity index (χ1n) is 6.20. The van der Waals surface area contributed by atoms with Gasteiger partial charge in [-0.3, -0.25) is 19.3 Å². The van der Waals surface area contributed by atoms with Gasteiger partial charge in [0.05, 0.1) is 4.91 Å². The number of hydrogen-bond donors (Lipinski definition) is 2. The van der Waals surface area contributed by atoms with Crippen LogP contribution >= 0.6 is 24.0 Å². The van der Waals surface area contributed by atoms with E-state index in [2.05, 4.69) is 5.32 Å². The Kier molecular flexibility index (Phi) is 4.94. The van der Waals surface area contributed by atoms with Crippen LogP contribution in [0, 0.1) is 0 Å². The molecule has 1 saturated heterocycles. The summed E-state index contributed by atoms with van der Waals surface area (Å²) in [5.41, 5.74) is 1.10. The van der Waals surface area contributed by atoms with Gasteiger partial charge in [-0.05, 0) is 23.8 Å². The number of aliphatic carboxylic acids is 1. The number of carbonyl (C=O) groups is 3. The second-order valence-electron chi connectivity index (χ2n) is 4.44. The lowest BCUT2D eigenvalue weighted by molar-refractivity contribution is -0.135. The molecule has 1 heterocycles. The predicted octanol–water partition coefficient (Wildman–Crippen LogP) is 1.33. The highest BCUT2D eigenvalue weighted by molar-refractivity contribution is 8.26. The monoisotopic (exact) mass is 336 g/mol. The Morgan fingerprint density at radius 1 is 1.36 bits per heavy atom. The van der Waals surface area contributed by atoms with E-state index in [0.29, 0.717) is 14.8 Å². The number of carboxylic acids is 1. The topological polar surface area (TPSA) is 86.7 Å². The normalized spacial score (nSPS) is 16.2. The van der Waals surface area contributed by atoms with Gasteiger partial charge >= 0.3 is 5.97 Å². The lowest BCUT2D eigenvalue weighted by Crippen LogP contribution is -2.29. The van der Waals surface area contributed by atoms with Crippen molar-refractivity contribution in [2.45, 2.75) is 0 Å².